The van der Waals surface area contributed by atoms with Gasteiger partial charge in [-0.15, -0.1) is 0 Å². The summed E-state index contributed by atoms with van der Waals surface area (Å²) in [6.07, 6.45) is 72.1. The lowest BCUT2D eigenvalue weighted by molar-refractivity contribution is -0.161. The summed E-state index contributed by atoms with van der Waals surface area (Å²) in [5, 5.41) is 10.7. The minimum Gasteiger partial charge on any atom is -0.462 e. The molecule has 636 valence electrons. The molecular weight excluding hydrogens is 1390 g/mol. The lowest BCUT2D eigenvalue weighted by Gasteiger charge is -2.21. The number of unbranched alkanes of at least 4 members (excludes halogenated alkanes) is 57. The van der Waals surface area contributed by atoms with Gasteiger partial charge in [0.05, 0.1) is 26.4 Å². The summed E-state index contributed by atoms with van der Waals surface area (Å²) in [5.41, 5.74) is 0. The van der Waals surface area contributed by atoms with E-state index in [9.17, 15) is 43.2 Å². The molecule has 0 heterocycles. The van der Waals surface area contributed by atoms with Crippen molar-refractivity contribution in [3.8, 4) is 0 Å². The second kappa shape index (κ2) is 79.3. The second-order valence-electron chi connectivity index (χ2n) is 32.6. The number of phosphoric acid groups is 2. The first-order chi connectivity index (χ1) is 51.9. The Morgan fingerprint density at radius 3 is 0.636 bits per heavy atom. The Morgan fingerprint density at radius 1 is 0.252 bits per heavy atom. The number of aliphatic hydroxyl groups excluding tert-OH is 1. The number of aliphatic hydroxyl groups is 1. The summed E-state index contributed by atoms with van der Waals surface area (Å²) in [6.45, 7) is 9.76. The monoisotopic (exact) mass is 1560 g/mol. The molecule has 17 nitrogen and oxygen atoms in total. The Morgan fingerprint density at radius 2 is 0.430 bits per heavy atom. The van der Waals surface area contributed by atoms with Crippen LogP contribution in [0.25, 0.3) is 0 Å². The molecule has 0 aliphatic heterocycles. The van der Waals surface area contributed by atoms with E-state index in [0.717, 1.165) is 102 Å². The average molecular weight is 1560 g/mol. The first kappa shape index (κ1) is 105. The molecule has 0 aliphatic carbocycles. The number of ether oxygens (including phenoxy) is 4. The normalized spacial score (nSPS) is 13.8. The maximum Gasteiger partial charge on any atom is 0.472 e. The van der Waals surface area contributed by atoms with Crippen LogP contribution < -0.4 is 0 Å². The summed E-state index contributed by atoms with van der Waals surface area (Å²) in [4.78, 5) is 73.3. The Hall–Kier alpha value is -1.94. The smallest absolute Gasteiger partial charge is 0.462 e. The van der Waals surface area contributed by atoms with Gasteiger partial charge in [0.15, 0.2) is 12.2 Å². The zero-order valence-electron chi connectivity index (χ0n) is 70.5. The quantitative estimate of drug-likeness (QED) is 0.0222. The minimum absolute atomic E-state index is 0.109. The standard InChI is InChI=1S/C88H172O17P2/c1-7-9-11-13-15-17-19-21-27-36-42-48-54-60-66-72-87(92)104-83(76-98-85(90)70-64-58-52-46-40-32-20-18-16-14-12-10-8-2)78-102-106(94,95)100-74-82(89)75-101-107(96,97)103-79-84(77-99-86(91)71-65-59-53-47-41-35-31-26-29-34-39-45-51-57-63-69-81(5)6)105-88(93)73-67-61-55-49-43-37-30-25-23-22-24-28-33-38-44-50-56-62-68-80(3)4/h80-84,89H,7-79H2,1-6H3,(H,94,95)(H,96,97)/t82-,83+,84+/m0/s1. The molecule has 0 aromatic carbocycles. The largest absolute Gasteiger partial charge is 0.472 e. The van der Waals surface area contributed by atoms with E-state index in [2.05, 4.69) is 41.5 Å². The highest BCUT2D eigenvalue weighted by atomic mass is 31.2. The van der Waals surface area contributed by atoms with Crippen LogP contribution in [0, 0.1) is 11.8 Å². The van der Waals surface area contributed by atoms with Crippen molar-refractivity contribution in [2.24, 2.45) is 11.8 Å². The van der Waals surface area contributed by atoms with Crippen molar-refractivity contribution in [2.45, 2.75) is 490 Å². The van der Waals surface area contributed by atoms with Crippen LogP contribution in [0.3, 0.4) is 0 Å². The summed E-state index contributed by atoms with van der Waals surface area (Å²) < 4.78 is 69.0. The lowest BCUT2D eigenvalue weighted by atomic mass is 10.0. The minimum atomic E-state index is -4.97. The van der Waals surface area contributed by atoms with Gasteiger partial charge in [0.25, 0.3) is 0 Å². The van der Waals surface area contributed by atoms with Crippen LogP contribution in [-0.2, 0) is 65.4 Å². The molecule has 0 radical (unpaired) electrons. The van der Waals surface area contributed by atoms with E-state index in [1.807, 2.05) is 0 Å². The maximum atomic E-state index is 13.2. The Balaban J connectivity index is 5.25. The van der Waals surface area contributed by atoms with Gasteiger partial charge in [0, 0.05) is 25.7 Å². The molecule has 19 heteroatoms. The van der Waals surface area contributed by atoms with Crippen molar-refractivity contribution in [3.63, 3.8) is 0 Å². The fourth-order valence-corrected chi connectivity index (χ4v) is 15.4. The molecule has 0 bridgehead atoms. The second-order valence-corrected chi connectivity index (χ2v) is 35.5. The van der Waals surface area contributed by atoms with Crippen molar-refractivity contribution >= 4 is 39.5 Å². The van der Waals surface area contributed by atoms with Crippen LogP contribution >= 0.6 is 15.6 Å². The van der Waals surface area contributed by atoms with Crippen LogP contribution in [0.4, 0.5) is 0 Å². The Kier molecular flexibility index (Phi) is 77.9. The zero-order valence-corrected chi connectivity index (χ0v) is 72.2. The van der Waals surface area contributed by atoms with Crippen molar-refractivity contribution in [1.82, 2.24) is 0 Å². The molecule has 2 unspecified atom stereocenters. The number of hydrogen-bond acceptors (Lipinski definition) is 15. The highest BCUT2D eigenvalue weighted by Crippen LogP contribution is 2.45. The van der Waals surface area contributed by atoms with Crippen molar-refractivity contribution in [3.05, 3.63) is 0 Å². The molecule has 0 aliphatic rings. The molecule has 0 spiro atoms. The third-order valence-corrected chi connectivity index (χ3v) is 22.6. The number of esters is 4. The fourth-order valence-electron chi connectivity index (χ4n) is 13.8. The van der Waals surface area contributed by atoms with Gasteiger partial charge in [0.2, 0.25) is 0 Å². The topological polar surface area (TPSA) is 237 Å². The number of hydrogen-bond donors (Lipinski definition) is 3. The number of phosphoric ester groups is 2. The van der Waals surface area contributed by atoms with Crippen LogP contribution in [0.2, 0.25) is 0 Å². The van der Waals surface area contributed by atoms with Crippen LogP contribution in [0.15, 0.2) is 0 Å². The van der Waals surface area contributed by atoms with E-state index in [1.165, 1.54) is 289 Å². The third kappa shape index (κ3) is 81.9. The summed E-state index contributed by atoms with van der Waals surface area (Å²) in [7, 11) is -9.93. The predicted molar refractivity (Wildman–Crippen MR) is 442 cm³/mol. The van der Waals surface area contributed by atoms with E-state index < -0.39 is 97.5 Å². The Labute approximate surface area is 658 Å². The maximum absolute atomic E-state index is 13.2. The van der Waals surface area contributed by atoms with E-state index in [-0.39, 0.29) is 25.7 Å². The van der Waals surface area contributed by atoms with Crippen molar-refractivity contribution < 1.29 is 80.2 Å². The van der Waals surface area contributed by atoms with Gasteiger partial charge in [-0.1, -0.05) is 420 Å². The zero-order chi connectivity index (χ0) is 78.5. The van der Waals surface area contributed by atoms with Gasteiger partial charge >= 0.3 is 39.5 Å². The molecule has 0 rings (SSSR count). The molecule has 0 aromatic rings. The van der Waals surface area contributed by atoms with E-state index in [4.69, 9.17) is 37.0 Å². The number of carbonyl (C=O) groups excluding carboxylic acids is 4. The van der Waals surface area contributed by atoms with Gasteiger partial charge in [-0.25, -0.2) is 9.13 Å². The fraction of sp³-hybridized carbons (Fsp3) is 0.955. The summed E-state index contributed by atoms with van der Waals surface area (Å²) >= 11 is 0. The van der Waals surface area contributed by atoms with Crippen LogP contribution in [0.1, 0.15) is 472 Å². The SMILES string of the molecule is CCCCCCCCCCCCCCCCCC(=O)O[C@H](COC(=O)CCCCCCCCCCCCCCC)COP(=O)(O)OC[C@H](O)COP(=O)(O)OC[C@@H](COC(=O)CCCCCCCCCCCCCCCCCC(C)C)OC(=O)CCCCCCCCCCCCCCCCCCCCC(C)C. The summed E-state index contributed by atoms with van der Waals surface area (Å²) in [6, 6.07) is 0. The molecule has 3 N–H and O–H groups in total. The number of carbonyl (C=O) groups is 4. The van der Waals surface area contributed by atoms with E-state index in [1.54, 1.807) is 0 Å². The Bertz CT molecular complexity index is 2050. The van der Waals surface area contributed by atoms with Crippen LogP contribution in [-0.4, -0.2) is 96.7 Å². The van der Waals surface area contributed by atoms with Gasteiger partial charge in [-0.3, -0.25) is 37.3 Å². The van der Waals surface area contributed by atoms with Crippen LogP contribution in [0.5, 0.6) is 0 Å². The molecule has 0 aromatic heterocycles. The van der Waals surface area contributed by atoms with Crippen molar-refractivity contribution in [1.29, 1.82) is 0 Å². The molecule has 0 amide bonds. The molecular formula is C88H172O17P2. The predicted octanol–water partition coefficient (Wildman–Crippen LogP) is 27.0. The molecule has 0 saturated carbocycles. The highest BCUT2D eigenvalue weighted by molar-refractivity contribution is 7.47. The molecule has 5 atom stereocenters. The van der Waals surface area contributed by atoms with Gasteiger partial charge < -0.3 is 33.8 Å². The summed E-state index contributed by atoms with van der Waals surface area (Å²) in [5.74, 6) is -0.470. The first-order valence-electron chi connectivity index (χ1n) is 45.5. The molecule has 0 saturated heterocycles. The molecule has 107 heavy (non-hydrogen) atoms. The first-order valence-corrected chi connectivity index (χ1v) is 48.5. The average Bonchev–Trinajstić information content (AvgIpc) is 0.900. The third-order valence-electron chi connectivity index (χ3n) is 20.7. The van der Waals surface area contributed by atoms with Gasteiger partial charge in [-0.05, 0) is 37.5 Å². The van der Waals surface area contributed by atoms with E-state index >= 15 is 0 Å². The lowest BCUT2D eigenvalue weighted by Crippen LogP contribution is -2.30. The van der Waals surface area contributed by atoms with Gasteiger partial charge in [0.1, 0.15) is 19.3 Å². The van der Waals surface area contributed by atoms with Gasteiger partial charge in [-0.2, -0.15) is 0 Å². The number of rotatable bonds is 87. The highest BCUT2D eigenvalue weighted by Gasteiger charge is 2.30. The van der Waals surface area contributed by atoms with E-state index in [0.29, 0.717) is 25.7 Å². The van der Waals surface area contributed by atoms with Crippen molar-refractivity contribution in [2.75, 3.05) is 39.6 Å². The molecule has 0 fully saturated rings.